The standard InChI is InChI=1S/C19H24N2O2/c1-14-11-15(2)13-16(12-14)23-10-6-9-21-18-8-5-4-7-17(18)19(22)20-3/h4-5,7-8,11-13,21H,6,9-10H2,1-3H3,(H,20,22). The predicted molar refractivity (Wildman–Crippen MR) is 94.3 cm³/mol. The van der Waals surface area contributed by atoms with Crippen LogP contribution in [0.1, 0.15) is 27.9 Å². The Morgan fingerprint density at radius 2 is 1.78 bits per heavy atom. The second-order valence-electron chi connectivity index (χ2n) is 5.58. The molecule has 0 spiro atoms. The van der Waals surface area contributed by atoms with Gasteiger partial charge in [-0.25, -0.2) is 0 Å². The number of para-hydroxylation sites is 1. The Kier molecular flexibility index (Phi) is 6.03. The largest absolute Gasteiger partial charge is 0.494 e. The number of hydrogen-bond acceptors (Lipinski definition) is 3. The number of hydrogen-bond donors (Lipinski definition) is 2. The van der Waals surface area contributed by atoms with E-state index in [1.165, 1.54) is 11.1 Å². The Balaban J connectivity index is 1.81. The molecule has 122 valence electrons. The highest BCUT2D eigenvalue weighted by Gasteiger charge is 2.08. The number of amides is 1. The minimum absolute atomic E-state index is 0.0837. The molecule has 0 aliphatic heterocycles. The van der Waals surface area contributed by atoms with E-state index in [1.807, 2.05) is 36.4 Å². The summed E-state index contributed by atoms with van der Waals surface area (Å²) in [5.74, 6) is 0.827. The number of aryl methyl sites for hydroxylation is 2. The van der Waals surface area contributed by atoms with Crippen molar-refractivity contribution in [3.63, 3.8) is 0 Å². The van der Waals surface area contributed by atoms with Gasteiger partial charge in [0, 0.05) is 19.3 Å². The monoisotopic (exact) mass is 312 g/mol. The van der Waals surface area contributed by atoms with Crippen LogP contribution in [0, 0.1) is 13.8 Å². The molecule has 2 aromatic carbocycles. The van der Waals surface area contributed by atoms with E-state index in [0.29, 0.717) is 12.2 Å². The molecule has 0 aromatic heterocycles. The van der Waals surface area contributed by atoms with E-state index in [1.54, 1.807) is 7.05 Å². The summed E-state index contributed by atoms with van der Waals surface area (Å²) in [6.45, 7) is 5.52. The predicted octanol–water partition coefficient (Wildman–Crippen LogP) is 3.54. The van der Waals surface area contributed by atoms with Crippen molar-refractivity contribution in [2.24, 2.45) is 0 Å². The first-order valence-corrected chi connectivity index (χ1v) is 7.86. The van der Waals surface area contributed by atoms with Gasteiger partial charge in [0.25, 0.3) is 5.91 Å². The molecule has 4 nitrogen and oxygen atoms in total. The smallest absolute Gasteiger partial charge is 0.253 e. The summed E-state index contributed by atoms with van der Waals surface area (Å²) < 4.78 is 5.79. The van der Waals surface area contributed by atoms with Crippen molar-refractivity contribution in [1.29, 1.82) is 0 Å². The highest BCUT2D eigenvalue weighted by molar-refractivity contribution is 5.99. The van der Waals surface area contributed by atoms with Crippen LogP contribution in [-0.4, -0.2) is 26.1 Å². The number of anilines is 1. The topological polar surface area (TPSA) is 50.4 Å². The summed E-state index contributed by atoms with van der Waals surface area (Å²) in [6, 6.07) is 13.7. The highest BCUT2D eigenvalue weighted by atomic mass is 16.5. The summed E-state index contributed by atoms with van der Waals surface area (Å²) in [4.78, 5) is 11.8. The lowest BCUT2D eigenvalue weighted by molar-refractivity contribution is 0.0964. The molecule has 0 saturated carbocycles. The maximum absolute atomic E-state index is 11.8. The van der Waals surface area contributed by atoms with Gasteiger partial charge in [-0.1, -0.05) is 18.2 Å². The molecule has 0 saturated heterocycles. The number of nitrogens with one attached hydrogen (secondary N) is 2. The Morgan fingerprint density at radius 1 is 1.09 bits per heavy atom. The Hall–Kier alpha value is -2.49. The zero-order valence-corrected chi connectivity index (χ0v) is 14.0. The normalized spacial score (nSPS) is 10.2. The van der Waals surface area contributed by atoms with Crippen LogP contribution in [0.2, 0.25) is 0 Å². The van der Waals surface area contributed by atoms with E-state index in [2.05, 4.69) is 30.5 Å². The van der Waals surface area contributed by atoms with Gasteiger partial charge in [0.2, 0.25) is 0 Å². The van der Waals surface area contributed by atoms with E-state index in [-0.39, 0.29) is 5.91 Å². The van der Waals surface area contributed by atoms with Crippen LogP contribution in [0.3, 0.4) is 0 Å². The second-order valence-corrected chi connectivity index (χ2v) is 5.58. The molecule has 0 heterocycles. The van der Waals surface area contributed by atoms with Gasteiger partial charge in [-0.05, 0) is 55.7 Å². The van der Waals surface area contributed by atoms with Crippen molar-refractivity contribution in [2.45, 2.75) is 20.3 Å². The number of carbonyl (C=O) groups excluding carboxylic acids is 1. The van der Waals surface area contributed by atoms with Crippen LogP contribution in [-0.2, 0) is 0 Å². The van der Waals surface area contributed by atoms with Gasteiger partial charge in [-0.15, -0.1) is 0 Å². The summed E-state index contributed by atoms with van der Waals surface area (Å²) >= 11 is 0. The maximum Gasteiger partial charge on any atom is 0.253 e. The lowest BCUT2D eigenvalue weighted by Crippen LogP contribution is -2.20. The average Bonchev–Trinajstić information content (AvgIpc) is 2.53. The second kappa shape index (κ2) is 8.22. The number of carbonyl (C=O) groups is 1. The SMILES string of the molecule is CNC(=O)c1ccccc1NCCCOc1cc(C)cc(C)c1. The van der Waals surface area contributed by atoms with E-state index in [4.69, 9.17) is 4.74 Å². The molecule has 2 N–H and O–H groups in total. The van der Waals surface area contributed by atoms with Crippen molar-refractivity contribution in [2.75, 3.05) is 25.5 Å². The Labute approximate surface area is 137 Å². The van der Waals surface area contributed by atoms with Crippen molar-refractivity contribution in [1.82, 2.24) is 5.32 Å². The lowest BCUT2D eigenvalue weighted by atomic mass is 10.1. The molecule has 0 atom stereocenters. The van der Waals surface area contributed by atoms with Gasteiger partial charge in [-0.3, -0.25) is 4.79 Å². The Morgan fingerprint density at radius 3 is 2.48 bits per heavy atom. The van der Waals surface area contributed by atoms with Crippen LogP contribution >= 0.6 is 0 Å². The third-order valence-corrected chi connectivity index (χ3v) is 3.50. The van der Waals surface area contributed by atoms with E-state index in [0.717, 1.165) is 24.4 Å². The summed E-state index contributed by atoms with van der Waals surface area (Å²) in [5.41, 5.74) is 3.92. The zero-order valence-electron chi connectivity index (χ0n) is 14.0. The average molecular weight is 312 g/mol. The first-order valence-electron chi connectivity index (χ1n) is 7.86. The number of ether oxygens (including phenoxy) is 1. The summed E-state index contributed by atoms with van der Waals surface area (Å²) in [7, 11) is 1.64. The van der Waals surface area contributed by atoms with Crippen molar-refractivity contribution >= 4 is 11.6 Å². The van der Waals surface area contributed by atoms with Crippen LogP contribution in [0.4, 0.5) is 5.69 Å². The van der Waals surface area contributed by atoms with Crippen LogP contribution in [0.25, 0.3) is 0 Å². The molecule has 0 bridgehead atoms. The molecule has 0 radical (unpaired) electrons. The number of benzene rings is 2. The van der Waals surface area contributed by atoms with Crippen molar-refractivity contribution in [3.05, 3.63) is 59.2 Å². The zero-order chi connectivity index (χ0) is 16.7. The molecule has 0 aliphatic carbocycles. The first kappa shape index (κ1) is 16.9. The molecule has 4 heteroatoms. The fourth-order valence-electron chi connectivity index (χ4n) is 2.47. The van der Waals surface area contributed by atoms with Gasteiger partial charge < -0.3 is 15.4 Å². The van der Waals surface area contributed by atoms with Crippen molar-refractivity contribution in [3.8, 4) is 5.75 Å². The third kappa shape index (κ3) is 5.02. The Bertz CT molecular complexity index is 648. The van der Waals surface area contributed by atoms with Crippen LogP contribution in [0.5, 0.6) is 5.75 Å². The van der Waals surface area contributed by atoms with Crippen LogP contribution in [0.15, 0.2) is 42.5 Å². The van der Waals surface area contributed by atoms with Gasteiger partial charge in [0.15, 0.2) is 0 Å². The molecule has 2 aromatic rings. The van der Waals surface area contributed by atoms with Gasteiger partial charge in [0.05, 0.1) is 12.2 Å². The van der Waals surface area contributed by atoms with E-state index in [9.17, 15) is 4.79 Å². The lowest BCUT2D eigenvalue weighted by Gasteiger charge is -2.12. The fraction of sp³-hybridized carbons (Fsp3) is 0.316. The van der Waals surface area contributed by atoms with Gasteiger partial charge in [-0.2, -0.15) is 0 Å². The molecule has 1 amide bonds. The molecular formula is C19H24N2O2. The molecule has 0 fully saturated rings. The molecule has 0 aliphatic rings. The van der Waals surface area contributed by atoms with Crippen molar-refractivity contribution < 1.29 is 9.53 Å². The first-order chi connectivity index (χ1) is 11.1. The minimum Gasteiger partial charge on any atom is -0.494 e. The van der Waals surface area contributed by atoms with E-state index < -0.39 is 0 Å². The van der Waals surface area contributed by atoms with Gasteiger partial charge >= 0.3 is 0 Å². The van der Waals surface area contributed by atoms with Gasteiger partial charge in [0.1, 0.15) is 5.75 Å². The maximum atomic E-state index is 11.8. The summed E-state index contributed by atoms with van der Waals surface area (Å²) in [5, 5.41) is 5.95. The molecular weight excluding hydrogens is 288 g/mol. The molecule has 0 unspecified atom stereocenters. The third-order valence-electron chi connectivity index (χ3n) is 3.50. The highest BCUT2D eigenvalue weighted by Crippen LogP contribution is 2.17. The number of rotatable bonds is 7. The van der Waals surface area contributed by atoms with Crippen LogP contribution < -0.4 is 15.4 Å². The molecule has 23 heavy (non-hydrogen) atoms. The quantitative estimate of drug-likeness (QED) is 0.769. The minimum atomic E-state index is -0.0837. The summed E-state index contributed by atoms with van der Waals surface area (Å²) in [6.07, 6.45) is 0.856. The van der Waals surface area contributed by atoms with E-state index >= 15 is 0 Å². The molecule has 2 rings (SSSR count). The fourth-order valence-corrected chi connectivity index (χ4v) is 2.47.